The van der Waals surface area contributed by atoms with Gasteiger partial charge in [0, 0.05) is 25.4 Å². The number of hydrogen-bond acceptors (Lipinski definition) is 4. The van der Waals surface area contributed by atoms with Crippen molar-refractivity contribution >= 4 is 23.3 Å². The lowest BCUT2D eigenvalue weighted by Crippen LogP contribution is -2.18. The number of aromatic nitrogens is 2. The highest BCUT2D eigenvalue weighted by molar-refractivity contribution is 6.04. The highest BCUT2D eigenvalue weighted by atomic mass is 19.1. The molecular formula is C19H20FN5O2. The van der Waals surface area contributed by atoms with Crippen molar-refractivity contribution in [2.75, 3.05) is 19.0 Å². The van der Waals surface area contributed by atoms with Gasteiger partial charge in [0.2, 0.25) is 0 Å². The molecule has 0 saturated heterocycles. The molecule has 3 aromatic rings. The minimum absolute atomic E-state index is 0.0437. The molecule has 3 rings (SSSR count). The first-order chi connectivity index (χ1) is 13.0. The second-order valence-corrected chi connectivity index (χ2v) is 5.90. The van der Waals surface area contributed by atoms with Crippen LogP contribution in [0.1, 0.15) is 21.7 Å². The molecule has 0 saturated carbocycles. The number of aliphatic imine (C=N–C) groups is 1. The van der Waals surface area contributed by atoms with E-state index in [1.54, 1.807) is 6.07 Å². The van der Waals surface area contributed by atoms with Gasteiger partial charge in [-0.15, -0.1) is 0 Å². The lowest BCUT2D eigenvalue weighted by atomic mass is 10.1. The summed E-state index contributed by atoms with van der Waals surface area (Å²) in [5.74, 6) is -0.736. The average Bonchev–Trinajstić information content (AvgIpc) is 3.01. The van der Waals surface area contributed by atoms with Gasteiger partial charge in [0.05, 0.1) is 12.3 Å². The normalized spacial score (nSPS) is 11.6. The molecule has 0 bridgehead atoms. The summed E-state index contributed by atoms with van der Waals surface area (Å²) in [4.78, 5) is 20.6. The molecule has 1 aromatic carbocycles. The van der Waals surface area contributed by atoms with Gasteiger partial charge < -0.3 is 20.2 Å². The van der Waals surface area contributed by atoms with E-state index < -0.39 is 0 Å². The predicted molar refractivity (Wildman–Crippen MR) is 101 cm³/mol. The Labute approximate surface area is 155 Å². The summed E-state index contributed by atoms with van der Waals surface area (Å²) in [6, 6.07) is 9.97. The average molecular weight is 369 g/mol. The maximum absolute atomic E-state index is 14.0. The second kappa shape index (κ2) is 7.86. The number of nitrogens with one attached hydrogen (secondary N) is 1. The number of carbonyl (C=O) groups is 1. The molecule has 0 atom stereocenters. The first-order valence-electron chi connectivity index (χ1n) is 8.38. The van der Waals surface area contributed by atoms with Crippen LogP contribution in [0.5, 0.6) is 0 Å². The molecule has 7 nitrogen and oxygen atoms in total. The van der Waals surface area contributed by atoms with E-state index in [4.69, 9.17) is 10.5 Å². The van der Waals surface area contributed by atoms with Crippen LogP contribution < -0.4 is 11.1 Å². The van der Waals surface area contributed by atoms with Crippen LogP contribution in [0.2, 0.25) is 0 Å². The highest BCUT2D eigenvalue weighted by Gasteiger charge is 2.16. The number of imidazole rings is 1. The van der Waals surface area contributed by atoms with Gasteiger partial charge in [0.1, 0.15) is 17.2 Å². The number of nitrogens with two attached hydrogens (primary N) is 1. The number of carbonyl (C=O) groups excluding carboxylic acids is 1. The van der Waals surface area contributed by atoms with E-state index in [0.717, 1.165) is 5.69 Å². The van der Waals surface area contributed by atoms with E-state index >= 15 is 0 Å². The van der Waals surface area contributed by atoms with Crippen LogP contribution >= 0.6 is 0 Å². The van der Waals surface area contributed by atoms with Gasteiger partial charge in [-0.3, -0.25) is 4.79 Å². The number of nitrogens with zero attached hydrogens (tertiary/aromatic N) is 3. The third-order valence-electron chi connectivity index (χ3n) is 4.13. The molecule has 0 unspecified atom stereocenters. The Kier molecular flexibility index (Phi) is 5.35. The standard InChI is InChI=1S/C19H20FN5O2/c1-12-17(24-16-5-3-4-9-25(12)16)18(26)23-14-6-7-15(20)13(11-14)8-10-27-19(21)22-2/h3-7,9,11H,8,10H2,1-2H3,(H2,21,22)(H,23,26). The van der Waals surface area contributed by atoms with Crippen LogP contribution in [0.25, 0.3) is 5.65 Å². The summed E-state index contributed by atoms with van der Waals surface area (Å²) in [6.07, 6.45) is 2.13. The van der Waals surface area contributed by atoms with Gasteiger partial charge in [0.25, 0.3) is 11.9 Å². The molecule has 0 aliphatic heterocycles. The van der Waals surface area contributed by atoms with Gasteiger partial charge in [-0.05, 0) is 42.8 Å². The van der Waals surface area contributed by atoms with Gasteiger partial charge in [0.15, 0.2) is 0 Å². The fourth-order valence-corrected chi connectivity index (χ4v) is 2.70. The van der Waals surface area contributed by atoms with Crippen molar-refractivity contribution < 1.29 is 13.9 Å². The Morgan fingerprint density at radius 2 is 2.19 bits per heavy atom. The van der Waals surface area contributed by atoms with E-state index in [-0.39, 0.29) is 24.4 Å². The van der Waals surface area contributed by atoms with Gasteiger partial charge in [-0.1, -0.05) is 6.07 Å². The first kappa shape index (κ1) is 18.4. The van der Waals surface area contributed by atoms with E-state index in [1.807, 2.05) is 35.7 Å². The maximum atomic E-state index is 14.0. The monoisotopic (exact) mass is 369 g/mol. The number of amides is 1. The van der Waals surface area contributed by atoms with Crippen LogP contribution in [0, 0.1) is 12.7 Å². The summed E-state index contributed by atoms with van der Waals surface area (Å²) >= 11 is 0. The van der Waals surface area contributed by atoms with Crippen molar-refractivity contribution in [3.05, 3.63) is 65.4 Å². The molecule has 0 radical (unpaired) electrons. The molecule has 27 heavy (non-hydrogen) atoms. The molecule has 140 valence electrons. The van der Waals surface area contributed by atoms with E-state index in [1.165, 1.54) is 19.2 Å². The number of halogens is 1. The van der Waals surface area contributed by atoms with Crippen molar-refractivity contribution in [3.63, 3.8) is 0 Å². The Morgan fingerprint density at radius 1 is 1.37 bits per heavy atom. The van der Waals surface area contributed by atoms with E-state index in [9.17, 15) is 9.18 Å². The Morgan fingerprint density at radius 3 is 2.93 bits per heavy atom. The fraction of sp³-hybridized carbons (Fsp3) is 0.211. The molecule has 0 spiro atoms. The van der Waals surface area contributed by atoms with Gasteiger partial charge >= 0.3 is 0 Å². The van der Waals surface area contributed by atoms with Crippen LogP contribution in [-0.2, 0) is 11.2 Å². The van der Waals surface area contributed by atoms with Crippen molar-refractivity contribution in [2.24, 2.45) is 10.7 Å². The molecule has 2 aromatic heterocycles. The number of benzene rings is 1. The summed E-state index contributed by atoms with van der Waals surface area (Å²) < 4.78 is 21.0. The van der Waals surface area contributed by atoms with Gasteiger partial charge in [-0.25, -0.2) is 14.4 Å². The van der Waals surface area contributed by atoms with Crippen LogP contribution in [0.4, 0.5) is 10.1 Å². The fourth-order valence-electron chi connectivity index (χ4n) is 2.70. The Bertz CT molecular complexity index is 1010. The number of amidine groups is 1. The molecular weight excluding hydrogens is 349 g/mol. The summed E-state index contributed by atoms with van der Waals surface area (Å²) in [5, 5.41) is 2.77. The summed E-state index contributed by atoms with van der Waals surface area (Å²) in [5.41, 5.74) is 8.07. The summed E-state index contributed by atoms with van der Waals surface area (Å²) in [6.45, 7) is 2.01. The summed E-state index contributed by atoms with van der Waals surface area (Å²) in [7, 11) is 1.51. The zero-order valence-electron chi connectivity index (χ0n) is 15.1. The second-order valence-electron chi connectivity index (χ2n) is 5.90. The van der Waals surface area contributed by atoms with Crippen molar-refractivity contribution in [2.45, 2.75) is 13.3 Å². The number of pyridine rings is 1. The van der Waals surface area contributed by atoms with Crippen molar-refractivity contribution in [3.8, 4) is 0 Å². The third kappa shape index (κ3) is 4.05. The van der Waals surface area contributed by atoms with Crippen LogP contribution in [-0.4, -0.2) is 35.0 Å². The number of aryl methyl sites for hydroxylation is 1. The van der Waals surface area contributed by atoms with E-state index in [2.05, 4.69) is 15.3 Å². The minimum Gasteiger partial charge on any atom is -0.465 e. The zero-order chi connectivity index (χ0) is 19.4. The number of anilines is 1. The molecule has 2 heterocycles. The van der Waals surface area contributed by atoms with E-state index in [0.29, 0.717) is 29.0 Å². The zero-order valence-corrected chi connectivity index (χ0v) is 15.1. The van der Waals surface area contributed by atoms with Crippen molar-refractivity contribution in [1.29, 1.82) is 0 Å². The molecule has 0 aliphatic rings. The highest BCUT2D eigenvalue weighted by Crippen LogP contribution is 2.18. The predicted octanol–water partition coefficient (Wildman–Crippen LogP) is 2.54. The molecule has 3 N–H and O–H groups in total. The molecule has 8 heteroatoms. The topological polar surface area (TPSA) is 94.0 Å². The third-order valence-corrected chi connectivity index (χ3v) is 4.13. The number of fused-ring (bicyclic) bond motifs is 1. The Balaban J connectivity index is 1.75. The van der Waals surface area contributed by atoms with Crippen LogP contribution in [0.3, 0.4) is 0 Å². The largest absolute Gasteiger partial charge is 0.465 e. The number of rotatable bonds is 5. The lowest BCUT2D eigenvalue weighted by molar-refractivity contribution is 0.102. The SMILES string of the molecule is C/N=C(/N)OCCc1cc(NC(=O)c2nc3ccccn3c2C)ccc1F. The van der Waals surface area contributed by atoms with Gasteiger partial charge in [-0.2, -0.15) is 0 Å². The molecule has 0 aliphatic carbocycles. The Hall–Kier alpha value is -3.42. The number of hydrogen-bond donors (Lipinski definition) is 2. The maximum Gasteiger partial charge on any atom is 0.281 e. The van der Waals surface area contributed by atoms with Crippen molar-refractivity contribution in [1.82, 2.24) is 9.38 Å². The lowest BCUT2D eigenvalue weighted by Gasteiger charge is -2.09. The molecule has 1 amide bonds. The quantitative estimate of drug-likeness (QED) is 0.534. The number of ether oxygens (including phenoxy) is 1. The van der Waals surface area contributed by atoms with Crippen LogP contribution in [0.15, 0.2) is 47.6 Å². The minimum atomic E-state index is -0.382. The first-order valence-corrected chi connectivity index (χ1v) is 8.38. The molecule has 0 fully saturated rings. The smallest absolute Gasteiger partial charge is 0.281 e.